The van der Waals surface area contributed by atoms with Crippen LogP contribution in [-0.4, -0.2) is 121 Å². The number of likely N-dealkylation sites (tertiary alicyclic amines) is 1. The molecule has 0 spiro atoms. The molecular weight excluding hydrogens is 626 g/mol. The maximum atomic E-state index is 13.6. The highest BCUT2D eigenvalue weighted by molar-refractivity contribution is 5.83. The number of anilines is 3. The van der Waals surface area contributed by atoms with Gasteiger partial charge in [0.2, 0.25) is 17.9 Å². The standard InChI is InChI=1S/C33H36F2N8O5/c1-45-30-26(42-14-12-41(13-15-42)23-18-46-19-23)3-5-28(39-30)40-32-37-9-6-25(38-32)21-2-4-27(22(16-21)17-36)48-24-7-10-43(11-8-24)31(44)29-33(34,35)20-47-29/h2-6,9,16,23-24,29H,7-8,10-15,18-20H2,1H3,(H,37,38,39,40)/t29-/m0/s1. The Bertz CT molecular complexity index is 1690. The van der Waals surface area contributed by atoms with Crippen molar-refractivity contribution < 1.29 is 32.5 Å². The van der Waals surface area contributed by atoms with E-state index in [-0.39, 0.29) is 19.2 Å². The minimum atomic E-state index is -3.12. The first-order chi connectivity index (χ1) is 23.3. The van der Waals surface area contributed by atoms with E-state index in [1.54, 1.807) is 31.5 Å². The van der Waals surface area contributed by atoms with Crippen LogP contribution in [0.15, 0.2) is 42.6 Å². The second-order valence-electron chi connectivity index (χ2n) is 12.2. The van der Waals surface area contributed by atoms with Gasteiger partial charge < -0.3 is 34.1 Å². The SMILES string of the molecule is COc1nc(Nc2nccc(-c3ccc(OC4CCN(C(=O)[C@@H]5OCC5(F)F)CC4)c(C#N)c3)n2)ccc1N1CCN(C2COC2)CC1. The molecule has 6 heterocycles. The molecule has 0 aliphatic carbocycles. The van der Waals surface area contributed by atoms with Gasteiger partial charge in [0.05, 0.1) is 37.6 Å². The molecule has 1 aromatic carbocycles. The molecule has 1 N–H and O–H groups in total. The molecular formula is C33H36F2N8O5. The normalized spacial score (nSPS) is 21.5. The van der Waals surface area contributed by atoms with Crippen molar-refractivity contribution in [2.75, 3.05) is 76.4 Å². The number of hydrogen-bond donors (Lipinski definition) is 1. The predicted molar refractivity (Wildman–Crippen MR) is 170 cm³/mol. The number of alkyl halides is 2. The van der Waals surface area contributed by atoms with E-state index in [9.17, 15) is 18.8 Å². The Morgan fingerprint density at radius 3 is 2.50 bits per heavy atom. The van der Waals surface area contributed by atoms with Crippen molar-refractivity contribution in [3.63, 3.8) is 0 Å². The lowest BCUT2D eigenvalue weighted by atomic mass is 10.0. The van der Waals surface area contributed by atoms with Crippen LogP contribution in [-0.2, 0) is 14.3 Å². The Labute approximate surface area is 276 Å². The molecule has 2 aromatic heterocycles. The number of carbonyl (C=O) groups is 1. The van der Waals surface area contributed by atoms with Crippen molar-refractivity contribution in [3.05, 3.63) is 48.2 Å². The first kappa shape index (κ1) is 31.9. The van der Waals surface area contributed by atoms with Gasteiger partial charge in [-0.3, -0.25) is 9.69 Å². The quantitative estimate of drug-likeness (QED) is 0.360. The molecule has 15 heteroatoms. The number of ether oxygens (including phenoxy) is 4. The molecule has 4 aliphatic rings. The van der Waals surface area contributed by atoms with E-state index in [1.165, 1.54) is 4.90 Å². The summed E-state index contributed by atoms with van der Waals surface area (Å²) in [5, 5.41) is 13.1. The molecule has 4 aliphatic heterocycles. The topological polar surface area (TPSA) is 138 Å². The smallest absolute Gasteiger partial charge is 0.305 e. The molecule has 4 saturated heterocycles. The Balaban J connectivity index is 0.973. The highest BCUT2D eigenvalue weighted by Gasteiger charge is 2.56. The number of nitriles is 1. The predicted octanol–water partition coefficient (Wildman–Crippen LogP) is 3.09. The van der Waals surface area contributed by atoms with Gasteiger partial charge in [-0.25, -0.2) is 18.7 Å². The number of aromatic nitrogens is 3. The van der Waals surface area contributed by atoms with Crippen molar-refractivity contribution in [1.29, 1.82) is 5.26 Å². The number of benzene rings is 1. The maximum absolute atomic E-state index is 13.6. The van der Waals surface area contributed by atoms with Crippen molar-refractivity contribution in [3.8, 4) is 29.0 Å². The number of nitrogens with one attached hydrogen (secondary N) is 1. The van der Waals surface area contributed by atoms with Crippen LogP contribution < -0.4 is 19.7 Å². The molecule has 3 aromatic rings. The molecule has 252 valence electrons. The summed E-state index contributed by atoms with van der Waals surface area (Å²) in [5.74, 6) is -2.04. The zero-order chi connectivity index (χ0) is 33.3. The molecule has 0 unspecified atom stereocenters. The Hall–Kier alpha value is -4.65. The van der Waals surface area contributed by atoms with Crippen LogP contribution in [0.2, 0.25) is 0 Å². The first-order valence-electron chi connectivity index (χ1n) is 16.0. The third-order valence-electron chi connectivity index (χ3n) is 9.21. The van der Waals surface area contributed by atoms with Gasteiger partial charge in [-0.1, -0.05) is 0 Å². The third-order valence-corrected chi connectivity index (χ3v) is 9.21. The van der Waals surface area contributed by atoms with E-state index in [2.05, 4.69) is 36.1 Å². The van der Waals surface area contributed by atoms with Gasteiger partial charge in [0, 0.05) is 63.9 Å². The number of rotatable bonds is 9. The van der Waals surface area contributed by atoms with Crippen molar-refractivity contribution in [2.45, 2.75) is 37.0 Å². The lowest BCUT2D eigenvalue weighted by molar-refractivity contribution is -0.259. The summed E-state index contributed by atoms with van der Waals surface area (Å²) in [5.41, 5.74) is 2.54. The molecule has 4 fully saturated rings. The van der Waals surface area contributed by atoms with Gasteiger partial charge >= 0.3 is 5.92 Å². The number of hydrogen-bond acceptors (Lipinski definition) is 12. The summed E-state index contributed by atoms with van der Waals surface area (Å²) in [7, 11) is 1.61. The molecule has 13 nitrogen and oxygen atoms in total. The number of amides is 1. The first-order valence-corrected chi connectivity index (χ1v) is 16.0. The monoisotopic (exact) mass is 662 g/mol. The van der Waals surface area contributed by atoms with E-state index in [0.29, 0.717) is 59.1 Å². The van der Waals surface area contributed by atoms with Gasteiger partial charge in [-0.2, -0.15) is 10.2 Å². The van der Waals surface area contributed by atoms with Gasteiger partial charge in [0.15, 0.2) is 0 Å². The van der Waals surface area contributed by atoms with E-state index in [0.717, 1.165) is 45.1 Å². The van der Waals surface area contributed by atoms with Crippen LogP contribution in [0, 0.1) is 11.3 Å². The minimum absolute atomic E-state index is 0.271. The zero-order valence-electron chi connectivity index (χ0n) is 26.5. The number of piperazine rings is 1. The van der Waals surface area contributed by atoms with E-state index in [4.69, 9.17) is 18.9 Å². The average molecular weight is 663 g/mol. The summed E-state index contributed by atoms with van der Waals surface area (Å²) >= 11 is 0. The lowest BCUT2D eigenvalue weighted by Gasteiger charge is -2.43. The Kier molecular flexibility index (Phi) is 8.95. The molecule has 7 rings (SSSR count). The van der Waals surface area contributed by atoms with Crippen molar-refractivity contribution in [2.24, 2.45) is 0 Å². The molecule has 1 atom stereocenters. The second kappa shape index (κ2) is 13.5. The van der Waals surface area contributed by atoms with Crippen molar-refractivity contribution in [1.82, 2.24) is 24.8 Å². The van der Waals surface area contributed by atoms with Crippen LogP contribution in [0.1, 0.15) is 18.4 Å². The fourth-order valence-corrected chi connectivity index (χ4v) is 6.31. The second-order valence-corrected chi connectivity index (χ2v) is 12.2. The third kappa shape index (κ3) is 6.55. The van der Waals surface area contributed by atoms with Gasteiger partial charge in [-0.15, -0.1) is 0 Å². The molecule has 0 bridgehead atoms. The summed E-state index contributed by atoms with van der Waals surface area (Å²) in [6.45, 7) is 5.11. The number of halogens is 2. The molecule has 0 radical (unpaired) electrons. The minimum Gasteiger partial charge on any atom is -0.489 e. The van der Waals surface area contributed by atoms with Crippen molar-refractivity contribution >= 4 is 23.4 Å². The largest absolute Gasteiger partial charge is 0.489 e. The summed E-state index contributed by atoms with van der Waals surface area (Å²) < 4.78 is 49.2. The zero-order valence-corrected chi connectivity index (χ0v) is 26.5. The number of carbonyl (C=O) groups excluding carboxylic acids is 1. The summed E-state index contributed by atoms with van der Waals surface area (Å²) in [6, 6.07) is 13.5. The fourth-order valence-electron chi connectivity index (χ4n) is 6.31. The lowest BCUT2D eigenvalue weighted by Crippen LogP contribution is -2.61. The van der Waals surface area contributed by atoms with Gasteiger partial charge in [0.1, 0.15) is 36.0 Å². The molecule has 1 amide bonds. The van der Waals surface area contributed by atoms with Gasteiger partial charge in [-0.05, 0) is 36.4 Å². The number of pyridine rings is 1. The Morgan fingerprint density at radius 2 is 1.85 bits per heavy atom. The van der Waals surface area contributed by atoms with E-state index in [1.807, 2.05) is 18.2 Å². The van der Waals surface area contributed by atoms with Crippen LogP contribution in [0.4, 0.5) is 26.2 Å². The summed E-state index contributed by atoms with van der Waals surface area (Å²) in [6.07, 6.45) is 0.551. The van der Waals surface area contributed by atoms with E-state index < -0.39 is 24.5 Å². The van der Waals surface area contributed by atoms with Crippen LogP contribution in [0.25, 0.3) is 11.3 Å². The van der Waals surface area contributed by atoms with Crippen LogP contribution in [0.5, 0.6) is 11.6 Å². The molecule has 48 heavy (non-hydrogen) atoms. The number of nitrogens with zero attached hydrogens (tertiary/aromatic N) is 7. The fraction of sp³-hybridized carbons (Fsp3) is 0.485. The maximum Gasteiger partial charge on any atom is 0.305 e. The summed E-state index contributed by atoms with van der Waals surface area (Å²) in [4.78, 5) is 32.2. The van der Waals surface area contributed by atoms with Gasteiger partial charge in [0.25, 0.3) is 5.91 Å². The molecule has 0 saturated carbocycles. The average Bonchev–Trinajstić information content (AvgIpc) is 3.08. The number of methoxy groups -OCH3 is 1. The van der Waals surface area contributed by atoms with Crippen LogP contribution >= 0.6 is 0 Å². The van der Waals surface area contributed by atoms with Crippen LogP contribution in [0.3, 0.4) is 0 Å². The Morgan fingerprint density at radius 1 is 1.06 bits per heavy atom. The highest BCUT2D eigenvalue weighted by Crippen LogP contribution is 2.34. The highest BCUT2D eigenvalue weighted by atomic mass is 19.3. The number of piperidine rings is 1. The van der Waals surface area contributed by atoms with E-state index >= 15 is 0 Å².